The number of fused-ring (bicyclic) bond motifs is 10. The minimum absolute atomic E-state index is 0.216. The smallest absolute Gasteiger partial charge is 0.311 e. The van der Waals surface area contributed by atoms with Gasteiger partial charge >= 0.3 is 11.9 Å². The monoisotopic (exact) mass is 702 g/mol. The minimum atomic E-state index is -0.997. The molecule has 6 heteroatoms. The molecule has 0 bridgehead atoms. The predicted octanol–water partition coefficient (Wildman–Crippen LogP) is 8.20. The summed E-state index contributed by atoms with van der Waals surface area (Å²) in [6, 6.07) is 12.2. The molecule has 0 saturated heterocycles. The lowest BCUT2D eigenvalue weighted by Crippen LogP contribution is -2.50. The molecule has 2 N–H and O–H groups in total. The number of terminal acetylenes is 2. The Labute approximate surface area is 309 Å². The van der Waals surface area contributed by atoms with Gasteiger partial charge in [0, 0.05) is 23.7 Å². The van der Waals surface area contributed by atoms with E-state index >= 15 is 0 Å². The topological polar surface area (TPSA) is 93.1 Å². The second-order valence-electron chi connectivity index (χ2n) is 17.7. The van der Waals surface area contributed by atoms with Crippen molar-refractivity contribution in [3.05, 3.63) is 58.7 Å². The van der Waals surface area contributed by atoms with Crippen molar-refractivity contribution >= 4 is 11.9 Å². The second kappa shape index (κ2) is 13.1. The summed E-state index contributed by atoms with van der Waals surface area (Å²) in [6.07, 6.45) is 24.5. The quantitative estimate of drug-likeness (QED) is 0.131. The number of aryl methyl sites for hydroxylation is 2. The van der Waals surface area contributed by atoms with Crippen molar-refractivity contribution in [2.24, 2.45) is 34.5 Å². The maximum atomic E-state index is 12.8. The van der Waals surface area contributed by atoms with Gasteiger partial charge in [-0.3, -0.25) is 9.59 Å². The van der Waals surface area contributed by atoms with Crippen molar-refractivity contribution in [2.45, 2.75) is 140 Å². The van der Waals surface area contributed by atoms with E-state index in [9.17, 15) is 19.8 Å². The Morgan fingerprint density at radius 2 is 1.10 bits per heavy atom. The van der Waals surface area contributed by atoms with Gasteiger partial charge in [0.25, 0.3) is 0 Å². The summed E-state index contributed by atoms with van der Waals surface area (Å²) in [7, 11) is 0. The molecule has 6 unspecified atom stereocenters. The highest BCUT2D eigenvalue weighted by Crippen LogP contribution is 2.65. The molecular formula is C46H54O6. The van der Waals surface area contributed by atoms with E-state index in [1.54, 1.807) is 0 Å². The van der Waals surface area contributed by atoms with Crippen molar-refractivity contribution in [1.29, 1.82) is 0 Å². The first-order chi connectivity index (χ1) is 24.9. The van der Waals surface area contributed by atoms with E-state index in [4.69, 9.17) is 22.3 Å². The van der Waals surface area contributed by atoms with Crippen LogP contribution in [0.5, 0.6) is 11.5 Å². The molecule has 0 aromatic heterocycles. The number of ether oxygens (including phenoxy) is 2. The number of esters is 2. The standard InChI is InChI=1S/C46H54O6/c1-5-45(49)25-21-39-37-15-11-29-27-31(13-17-33(29)35(37)19-23-43(39,45)3)51-41(47)9-7-8-10-42(48)52-32-14-18-34-30(28-32)12-16-38-36(34)20-24-44(4)40(38)22-26-46(44,50)6-2/h1-2,13-14,17-18,27-28,35-40,49-50H,7-12,15-16,19-26H2,3-4H3/t35?,36?,37?,38?,39?,40?,43-,44-,45-,46-/m0/s1. The summed E-state index contributed by atoms with van der Waals surface area (Å²) in [5, 5.41) is 22.4. The normalized spacial score (nSPS) is 38.2. The average Bonchev–Trinajstić information content (AvgIpc) is 3.58. The third-order valence-electron chi connectivity index (χ3n) is 15.7. The Morgan fingerprint density at radius 3 is 1.50 bits per heavy atom. The zero-order valence-corrected chi connectivity index (χ0v) is 30.9. The van der Waals surface area contributed by atoms with Gasteiger partial charge in [0.05, 0.1) is 0 Å². The SMILES string of the molecule is C#C[C@]1(O)CCC2C3CCc4cc(OC(=O)CCCCC(=O)Oc5ccc6c(c5)CCC5C6CC[C@@]6(C)C5CC[C@@]6(O)C#C)ccc4C3CC[C@@]21C. The first-order valence-corrected chi connectivity index (χ1v) is 20.0. The van der Waals surface area contributed by atoms with E-state index in [2.05, 4.69) is 37.8 Å². The van der Waals surface area contributed by atoms with Crippen molar-refractivity contribution in [1.82, 2.24) is 0 Å². The lowest BCUT2D eigenvalue weighted by molar-refractivity contribution is -0.136. The Hall–Kier alpha value is -3.58. The first-order valence-electron chi connectivity index (χ1n) is 20.0. The molecule has 0 aliphatic heterocycles. The Balaban J connectivity index is 0.797. The van der Waals surface area contributed by atoms with Gasteiger partial charge in [-0.25, -0.2) is 0 Å². The molecule has 274 valence electrons. The number of hydrogen-bond donors (Lipinski definition) is 2. The van der Waals surface area contributed by atoms with Crippen LogP contribution in [0, 0.1) is 59.2 Å². The van der Waals surface area contributed by atoms with Crippen LogP contribution in [-0.2, 0) is 22.4 Å². The van der Waals surface area contributed by atoms with E-state index in [0.717, 1.165) is 64.2 Å². The molecule has 10 atom stereocenters. The highest BCUT2D eigenvalue weighted by molar-refractivity contribution is 5.74. The molecule has 6 aliphatic carbocycles. The van der Waals surface area contributed by atoms with Crippen molar-refractivity contribution < 1.29 is 29.3 Å². The fraction of sp³-hybridized carbons (Fsp3) is 0.609. The average molecular weight is 703 g/mol. The molecule has 4 saturated carbocycles. The lowest BCUT2D eigenvalue weighted by atomic mass is 9.53. The van der Waals surface area contributed by atoms with Crippen LogP contribution in [0.2, 0.25) is 0 Å². The second-order valence-corrected chi connectivity index (χ2v) is 17.7. The maximum absolute atomic E-state index is 12.8. The largest absolute Gasteiger partial charge is 0.427 e. The van der Waals surface area contributed by atoms with Crippen LogP contribution in [0.25, 0.3) is 0 Å². The summed E-state index contributed by atoms with van der Waals surface area (Å²) < 4.78 is 11.5. The van der Waals surface area contributed by atoms with Crippen LogP contribution in [0.3, 0.4) is 0 Å². The van der Waals surface area contributed by atoms with E-state index in [1.807, 2.05) is 24.3 Å². The van der Waals surface area contributed by atoms with E-state index in [-0.39, 0.29) is 35.6 Å². The zero-order valence-electron chi connectivity index (χ0n) is 30.9. The van der Waals surface area contributed by atoms with E-state index < -0.39 is 11.2 Å². The number of carbonyl (C=O) groups is 2. The molecule has 0 radical (unpaired) electrons. The summed E-state index contributed by atoms with van der Waals surface area (Å²) >= 11 is 0. The summed E-state index contributed by atoms with van der Waals surface area (Å²) in [5.74, 6) is 8.93. The van der Waals surface area contributed by atoms with Crippen LogP contribution >= 0.6 is 0 Å². The number of rotatable bonds is 7. The third kappa shape index (κ3) is 5.54. The third-order valence-corrected chi connectivity index (χ3v) is 15.7. The van der Waals surface area contributed by atoms with Crippen LogP contribution in [0.1, 0.15) is 138 Å². The number of benzene rings is 2. The summed E-state index contributed by atoms with van der Waals surface area (Å²) in [6.45, 7) is 4.41. The molecule has 0 amide bonds. The van der Waals surface area contributed by atoms with Crippen molar-refractivity contribution in [2.75, 3.05) is 0 Å². The summed E-state index contributed by atoms with van der Waals surface area (Å²) in [4.78, 5) is 25.5. The van der Waals surface area contributed by atoms with Gasteiger partial charge in [0.2, 0.25) is 0 Å². The van der Waals surface area contributed by atoms with Crippen molar-refractivity contribution in [3.8, 4) is 36.2 Å². The Kier molecular flexibility index (Phi) is 8.91. The van der Waals surface area contributed by atoms with Crippen LogP contribution in [-0.4, -0.2) is 33.4 Å². The minimum Gasteiger partial charge on any atom is -0.427 e. The Morgan fingerprint density at radius 1 is 0.673 bits per heavy atom. The fourth-order valence-electron chi connectivity index (χ4n) is 12.7. The van der Waals surface area contributed by atoms with Crippen LogP contribution < -0.4 is 9.47 Å². The van der Waals surface area contributed by atoms with Gasteiger partial charge in [0.15, 0.2) is 0 Å². The van der Waals surface area contributed by atoms with Gasteiger partial charge in [-0.15, -0.1) is 12.8 Å². The molecule has 2 aromatic carbocycles. The molecule has 8 rings (SSSR count). The van der Waals surface area contributed by atoms with Crippen LogP contribution in [0.15, 0.2) is 36.4 Å². The molecule has 4 fully saturated rings. The predicted molar refractivity (Wildman–Crippen MR) is 199 cm³/mol. The van der Waals surface area contributed by atoms with Gasteiger partial charge in [-0.2, -0.15) is 0 Å². The number of carbonyl (C=O) groups excluding carboxylic acids is 2. The maximum Gasteiger partial charge on any atom is 0.311 e. The first kappa shape index (κ1) is 35.4. The molecule has 0 spiro atoms. The van der Waals surface area contributed by atoms with E-state index in [1.165, 1.54) is 22.3 Å². The van der Waals surface area contributed by atoms with Crippen LogP contribution in [0.4, 0.5) is 0 Å². The van der Waals surface area contributed by atoms with E-state index in [0.29, 0.717) is 72.7 Å². The lowest BCUT2D eigenvalue weighted by Gasteiger charge is -2.52. The van der Waals surface area contributed by atoms with Gasteiger partial charge in [-0.1, -0.05) is 37.8 Å². The molecule has 52 heavy (non-hydrogen) atoms. The molecule has 0 heterocycles. The zero-order chi connectivity index (χ0) is 36.5. The molecular weight excluding hydrogens is 649 g/mol. The highest BCUT2D eigenvalue weighted by Gasteiger charge is 2.62. The Bertz CT molecular complexity index is 1720. The highest BCUT2D eigenvalue weighted by atomic mass is 16.5. The van der Waals surface area contributed by atoms with Crippen molar-refractivity contribution in [3.63, 3.8) is 0 Å². The molecule has 2 aromatic rings. The summed E-state index contributed by atoms with van der Waals surface area (Å²) in [5.41, 5.74) is 2.82. The fourth-order valence-corrected chi connectivity index (χ4v) is 12.7. The van der Waals surface area contributed by atoms with Gasteiger partial charge in [0.1, 0.15) is 22.7 Å². The molecule has 6 nitrogen and oxygen atoms in total. The van der Waals surface area contributed by atoms with Gasteiger partial charge < -0.3 is 19.7 Å². The van der Waals surface area contributed by atoms with Gasteiger partial charge in [-0.05, 0) is 172 Å². The number of unbranched alkanes of at least 4 members (excludes halogenated alkanes) is 1. The molecule has 6 aliphatic rings. The number of aliphatic hydroxyl groups is 2. The number of hydrogen-bond acceptors (Lipinski definition) is 6.